The summed E-state index contributed by atoms with van der Waals surface area (Å²) in [6.07, 6.45) is 1.15. The predicted molar refractivity (Wildman–Crippen MR) is 83.8 cm³/mol. The van der Waals surface area contributed by atoms with Gasteiger partial charge in [-0.25, -0.2) is 4.79 Å². The van der Waals surface area contributed by atoms with Gasteiger partial charge < -0.3 is 10.2 Å². The van der Waals surface area contributed by atoms with Crippen molar-refractivity contribution >= 4 is 34.9 Å². The Morgan fingerprint density at radius 1 is 1.15 bits per heavy atom. The number of nitrogens with one attached hydrogen (secondary N) is 1. The number of piperazine rings is 1. The van der Waals surface area contributed by atoms with Gasteiger partial charge in [0, 0.05) is 41.9 Å². The Hall–Kier alpha value is -0.970. The second-order valence-electron chi connectivity index (χ2n) is 4.92. The highest BCUT2D eigenvalue weighted by atomic mass is 35.5. The van der Waals surface area contributed by atoms with E-state index in [0.29, 0.717) is 15.7 Å². The van der Waals surface area contributed by atoms with Gasteiger partial charge in [-0.3, -0.25) is 4.90 Å². The van der Waals surface area contributed by atoms with E-state index in [9.17, 15) is 4.79 Å². The maximum Gasteiger partial charge on any atom is 0.321 e. The van der Waals surface area contributed by atoms with Gasteiger partial charge in [0.25, 0.3) is 0 Å². The van der Waals surface area contributed by atoms with Gasteiger partial charge >= 0.3 is 6.03 Å². The quantitative estimate of drug-likeness (QED) is 0.925. The van der Waals surface area contributed by atoms with Crippen molar-refractivity contribution in [3.8, 4) is 0 Å². The lowest BCUT2D eigenvalue weighted by molar-refractivity contribution is 0.147. The first kappa shape index (κ1) is 15.4. The van der Waals surface area contributed by atoms with Crippen LogP contribution in [0.5, 0.6) is 0 Å². The molecule has 0 bridgehead atoms. The smallest absolute Gasteiger partial charge is 0.321 e. The Labute approximate surface area is 129 Å². The van der Waals surface area contributed by atoms with Crippen LogP contribution in [0.25, 0.3) is 0 Å². The number of hydrogen-bond donors (Lipinski definition) is 1. The summed E-state index contributed by atoms with van der Waals surface area (Å²) in [6.45, 7) is 6.62. The molecular weight excluding hydrogens is 297 g/mol. The standard InChI is InChI=1S/C14H19Cl2N3O/c1-2-3-18-4-6-19(7-5-18)14(20)17-13-9-11(15)8-12(16)10-13/h8-10H,2-7H2,1H3,(H,17,20). The third-order valence-electron chi connectivity index (χ3n) is 3.31. The molecule has 0 radical (unpaired) electrons. The topological polar surface area (TPSA) is 35.6 Å². The number of carbonyl (C=O) groups is 1. The van der Waals surface area contributed by atoms with Gasteiger partial charge in [0.15, 0.2) is 0 Å². The molecule has 0 aliphatic carbocycles. The van der Waals surface area contributed by atoms with Crippen LogP contribution in [-0.2, 0) is 0 Å². The summed E-state index contributed by atoms with van der Waals surface area (Å²) < 4.78 is 0. The van der Waals surface area contributed by atoms with Crippen LogP contribution in [0.2, 0.25) is 10.0 Å². The summed E-state index contributed by atoms with van der Waals surface area (Å²) in [4.78, 5) is 16.4. The van der Waals surface area contributed by atoms with E-state index >= 15 is 0 Å². The molecule has 0 spiro atoms. The van der Waals surface area contributed by atoms with Gasteiger partial charge in [0.05, 0.1) is 0 Å². The van der Waals surface area contributed by atoms with Crippen molar-refractivity contribution in [2.45, 2.75) is 13.3 Å². The lowest BCUT2D eigenvalue weighted by atomic mass is 10.3. The molecule has 0 saturated carbocycles. The monoisotopic (exact) mass is 315 g/mol. The van der Waals surface area contributed by atoms with E-state index < -0.39 is 0 Å². The summed E-state index contributed by atoms with van der Waals surface area (Å²) in [6, 6.07) is 4.93. The number of anilines is 1. The lowest BCUT2D eigenvalue weighted by Gasteiger charge is -2.34. The molecule has 2 amide bonds. The molecule has 0 unspecified atom stereocenters. The Bertz CT molecular complexity index is 453. The maximum absolute atomic E-state index is 12.2. The first-order chi connectivity index (χ1) is 9.58. The van der Waals surface area contributed by atoms with Crippen LogP contribution >= 0.6 is 23.2 Å². The number of halogens is 2. The number of benzene rings is 1. The molecule has 1 N–H and O–H groups in total. The van der Waals surface area contributed by atoms with E-state index in [1.165, 1.54) is 0 Å². The molecule has 2 rings (SSSR count). The van der Waals surface area contributed by atoms with Crippen LogP contribution in [0, 0.1) is 0 Å². The average molecular weight is 316 g/mol. The van der Waals surface area contributed by atoms with E-state index in [1.807, 2.05) is 4.90 Å². The van der Waals surface area contributed by atoms with Gasteiger partial charge in [0.1, 0.15) is 0 Å². The number of urea groups is 1. The fourth-order valence-electron chi connectivity index (χ4n) is 2.32. The van der Waals surface area contributed by atoms with Crippen molar-refractivity contribution in [3.05, 3.63) is 28.2 Å². The number of nitrogens with zero attached hydrogens (tertiary/aromatic N) is 2. The highest BCUT2D eigenvalue weighted by Gasteiger charge is 2.20. The van der Waals surface area contributed by atoms with Gasteiger partial charge in [-0.05, 0) is 31.2 Å². The minimum atomic E-state index is -0.0977. The molecule has 1 aromatic carbocycles. The largest absolute Gasteiger partial charge is 0.322 e. The summed E-state index contributed by atoms with van der Waals surface area (Å²) in [5.74, 6) is 0. The van der Waals surface area contributed by atoms with E-state index in [4.69, 9.17) is 23.2 Å². The zero-order valence-corrected chi connectivity index (χ0v) is 13.0. The molecule has 1 fully saturated rings. The SMILES string of the molecule is CCCN1CCN(C(=O)Nc2cc(Cl)cc(Cl)c2)CC1. The summed E-state index contributed by atoms with van der Waals surface area (Å²) in [7, 11) is 0. The summed E-state index contributed by atoms with van der Waals surface area (Å²) in [5, 5.41) is 3.87. The molecule has 1 heterocycles. The highest BCUT2D eigenvalue weighted by molar-refractivity contribution is 6.35. The number of carbonyl (C=O) groups excluding carboxylic acids is 1. The molecule has 6 heteroatoms. The summed E-state index contributed by atoms with van der Waals surface area (Å²) >= 11 is 11.8. The first-order valence-corrected chi connectivity index (χ1v) is 7.58. The molecular formula is C14H19Cl2N3O. The zero-order valence-electron chi connectivity index (χ0n) is 11.5. The van der Waals surface area contributed by atoms with Crippen molar-refractivity contribution in [1.29, 1.82) is 0 Å². The Morgan fingerprint density at radius 2 is 1.75 bits per heavy atom. The third-order valence-corrected chi connectivity index (χ3v) is 3.75. The first-order valence-electron chi connectivity index (χ1n) is 6.83. The molecule has 1 aromatic rings. The Balaban J connectivity index is 1.89. The van der Waals surface area contributed by atoms with Gasteiger partial charge in [-0.1, -0.05) is 30.1 Å². The lowest BCUT2D eigenvalue weighted by Crippen LogP contribution is -2.50. The van der Waals surface area contributed by atoms with Crippen LogP contribution in [0.4, 0.5) is 10.5 Å². The summed E-state index contributed by atoms with van der Waals surface area (Å²) in [5.41, 5.74) is 0.628. The van der Waals surface area contributed by atoms with Crippen molar-refractivity contribution in [2.75, 3.05) is 38.0 Å². The fourth-order valence-corrected chi connectivity index (χ4v) is 2.85. The van der Waals surface area contributed by atoms with E-state index in [0.717, 1.165) is 39.1 Å². The van der Waals surface area contributed by atoms with Crippen LogP contribution in [-0.4, -0.2) is 48.6 Å². The van der Waals surface area contributed by atoms with E-state index in [2.05, 4.69) is 17.1 Å². The predicted octanol–water partition coefficient (Wildman–Crippen LogP) is 3.55. The molecule has 20 heavy (non-hydrogen) atoms. The Kier molecular flexibility index (Phi) is 5.52. The number of hydrogen-bond acceptors (Lipinski definition) is 2. The van der Waals surface area contributed by atoms with Crippen LogP contribution in [0.1, 0.15) is 13.3 Å². The van der Waals surface area contributed by atoms with E-state index in [-0.39, 0.29) is 6.03 Å². The van der Waals surface area contributed by atoms with Gasteiger partial charge in [-0.15, -0.1) is 0 Å². The van der Waals surface area contributed by atoms with Crippen molar-refractivity contribution < 1.29 is 4.79 Å². The number of amides is 2. The van der Waals surface area contributed by atoms with Crippen molar-refractivity contribution in [1.82, 2.24) is 9.80 Å². The third kappa shape index (κ3) is 4.27. The molecule has 110 valence electrons. The van der Waals surface area contributed by atoms with Crippen LogP contribution < -0.4 is 5.32 Å². The molecule has 0 aromatic heterocycles. The van der Waals surface area contributed by atoms with E-state index in [1.54, 1.807) is 18.2 Å². The minimum absolute atomic E-state index is 0.0977. The Morgan fingerprint density at radius 3 is 2.30 bits per heavy atom. The van der Waals surface area contributed by atoms with Crippen LogP contribution in [0.3, 0.4) is 0 Å². The van der Waals surface area contributed by atoms with Crippen molar-refractivity contribution in [3.63, 3.8) is 0 Å². The molecule has 1 aliphatic rings. The molecule has 4 nitrogen and oxygen atoms in total. The fraction of sp³-hybridized carbons (Fsp3) is 0.500. The van der Waals surface area contributed by atoms with Gasteiger partial charge in [0.2, 0.25) is 0 Å². The zero-order chi connectivity index (χ0) is 14.5. The van der Waals surface area contributed by atoms with Gasteiger partial charge in [-0.2, -0.15) is 0 Å². The average Bonchev–Trinajstić information content (AvgIpc) is 2.38. The molecule has 1 aliphatic heterocycles. The second-order valence-corrected chi connectivity index (χ2v) is 5.79. The van der Waals surface area contributed by atoms with Crippen molar-refractivity contribution in [2.24, 2.45) is 0 Å². The molecule has 0 atom stereocenters. The number of rotatable bonds is 3. The maximum atomic E-state index is 12.2. The normalized spacial score (nSPS) is 16.2. The second kappa shape index (κ2) is 7.16. The molecule has 1 saturated heterocycles. The van der Waals surface area contributed by atoms with Crippen LogP contribution in [0.15, 0.2) is 18.2 Å². The highest BCUT2D eigenvalue weighted by Crippen LogP contribution is 2.22. The minimum Gasteiger partial charge on any atom is -0.322 e.